The number of rotatable bonds is 5. The SMILES string of the molecule is COc1ccc(NCCC(=O)N2CCCC2)cc1. The molecule has 1 amide bonds. The zero-order valence-corrected chi connectivity index (χ0v) is 10.8. The van der Waals surface area contributed by atoms with Crippen molar-refractivity contribution in [1.82, 2.24) is 4.90 Å². The molecule has 98 valence electrons. The minimum Gasteiger partial charge on any atom is -0.497 e. The molecule has 1 heterocycles. The van der Waals surface area contributed by atoms with E-state index < -0.39 is 0 Å². The fourth-order valence-electron chi connectivity index (χ4n) is 2.15. The number of likely N-dealkylation sites (tertiary alicyclic amines) is 1. The number of benzene rings is 1. The highest BCUT2D eigenvalue weighted by molar-refractivity contribution is 5.77. The summed E-state index contributed by atoms with van der Waals surface area (Å²) in [6, 6.07) is 7.73. The molecular weight excluding hydrogens is 228 g/mol. The molecule has 1 aliphatic heterocycles. The van der Waals surface area contributed by atoms with Gasteiger partial charge in [0.2, 0.25) is 5.91 Å². The quantitative estimate of drug-likeness (QED) is 0.867. The molecule has 0 aliphatic carbocycles. The van der Waals surface area contributed by atoms with Crippen molar-refractivity contribution in [2.45, 2.75) is 19.3 Å². The van der Waals surface area contributed by atoms with Crippen molar-refractivity contribution in [3.05, 3.63) is 24.3 Å². The topological polar surface area (TPSA) is 41.6 Å². The van der Waals surface area contributed by atoms with E-state index in [2.05, 4.69) is 5.32 Å². The molecule has 1 saturated heterocycles. The summed E-state index contributed by atoms with van der Waals surface area (Å²) in [6.45, 7) is 2.55. The largest absolute Gasteiger partial charge is 0.497 e. The van der Waals surface area contributed by atoms with Gasteiger partial charge in [0.05, 0.1) is 7.11 Å². The van der Waals surface area contributed by atoms with Crippen molar-refractivity contribution in [3.8, 4) is 5.75 Å². The van der Waals surface area contributed by atoms with Crippen LogP contribution >= 0.6 is 0 Å². The fraction of sp³-hybridized carbons (Fsp3) is 0.500. The van der Waals surface area contributed by atoms with Crippen molar-refractivity contribution in [1.29, 1.82) is 0 Å². The number of carbonyl (C=O) groups is 1. The maximum Gasteiger partial charge on any atom is 0.224 e. The van der Waals surface area contributed by atoms with E-state index in [1.807, 2.05) is 29.2 Å². The molecule has 1 aliphatic rings. The Morgan fingerprint density at radius 1 is 1.28 bits per heavy atom. The molecule has 1 N–H and O–H groups in total. The Kier molecular flexibility index (Phi) is 4.45. The Hall–Kier alpha value is -1.71. The minimum absolute atomic E-state index is 0.258. The van der Waals surface area contributed by atoms with Crippen LogP contribution in [0.2, 0.25) is 0 Å². The molecule has 18 heavy (non-hydrogen) atoms. The number of anilines is 1. The third-order valence-electron chi connectivity index (χ3n) is 3.22. The maximum absolute atomic E-state index is 11.8. The van der Waals surface area contributed by atoms with Crippen molar-refractivity contribution < 1.29 is 9.53 Å². The van der Waals surface area contributed by atoms with Crippen LogP contribution < -0.4 is 10.1 Å². The second kappa shape index (κ2) is 6.28. The van der Waals surface area contributed by atoms with E-state index >= 15 is 0 Å². The lowest BCUT2D eigenvalue weighted by Gasteiger charge is -2.15. The van der Waals surface area contributed by atoms with Gasteiger partial charge in [-0.25, -0.2) is 0 Å². The van der Waals surface area contributed by atoms with Gasteiger partial charge in [0.1, 0.15) is 5.75 Å². The van der Waals surface area contributed by atoms with Crippen molar-refractivity contribution in [2.75, 3.05) is 32.1 Å². The first-order chi connectivity index (χ1) is 8.79. The van der Waals surface area contributed by atoms with Crippen molar-refractivity contribution in [3.63, 3.8) is 0 Å². The summed E-state index contributed by atoms with van der Waals surface area (Å²) < 4.78 is 5.09. The van der Waals surface area contributed by atoms with Gasteiger partial charge in [-0.3, -0.25) is 4.79 Å². The highest BCUT2D eigenvalue weighted by Gasteiger charge is 2.16. The highest BCUT2D eigenvalue weighted by atomic mass is 16.5. The summed E-state index contributed by atoms with van der Waals surface area (Å²) in [6.07, 6.45) is 2.86. The predicted molar refractivity (Wildman–Crippen MR) is 71.9 cm³/mol. The monoisotopic (exact) mass is 248 g/mol. The summed E-state index contributed by atoms with van der Waals surface area (Å²) in [5, 5.41) is 3.25. The standard InChI is InChI=1S/C14H20N2O2/c1-18-13-6-4-12(5-7-13)15-9-8-14(17)16-10-2-3-11-16/h4-7,15H,2-3,8-11H2,1H3. The molecule has 4 nitrogen and oxygen atoms in total. The maximum atomic E-state index is 11.8. The zero-order chi connectivity index (χ0) is 12.8. The minimum atomic E-state index is 0.258. The number of ether oxygens (including phenoxy) is 1. The molecule has 0 aromatic heterocycles. The Labute approximate surface area is 108 Å². The lowest BCUT2D eigenvalue weighted by molar-refractivity contribution is -0.129. The molecule has 1 aromatic carbocycles. The summed E-state index contributed by atoms with van der Waals surface area (Å²) in [7, 11) is 1.65. The van der Waals surface area contributed by atoms with Crippen LogP contribution in [0.4, 0.5) is 5.69 Å². The van der Waals surface area contributed by atoms with Crippen molar-refractivity contribution in [2.24, 2.45) is 0 Å². The highest BCUT2D eigenvalue weighted by Crippen LogP contribution is 2.15. The Balaban J connectivity index is 1.72. The van der Waals surface area contributed by atoms with Crippen LogP contribution in [0.1, 0.15) is 19.3 Å². The van der Waals surface area contributed by atoms with E-state index in [-0.39, 0.29) is 5.91 Å². The number of nitrogens with zero attached hydrogens (tertiary/aromatic N) is 1. The van der Waals surface area contributed by atoms with Gasteiger partial charge in [0, 0.05) is 31.7 Å². The number of amides is 1. The van der Waals surface area contributed by atoms with Crippen molar-refractivity contribution >= 4 is 11.6 Å². The molecule has 0 radical (unpaired) electrons. The molecule has 2 rings (SSSR count). The van der Waals surface area contributed by atoms with Crippen LogP contribution in [0.3, 0.4) is 0 Å². The Bertz CT molecular complexity index is 383. The normalized spacial score (nSPS) is 14.6. The van der Waals surface area contributed by atoms with Gasteiger partial charge in [-0.05, 0) is 37.1 Å². The van der Waals surface area contributed by atoms with Gasteiger partial charge in [-0.15, -0.1) is 0 Å². The first-order valence-electron chi connectivity index (χ1n) is 6.45. The third-order valence-corrected chi connectivity index (χ3v) is 3.22. The zero-order valence-electron chi connectivity index (χ0n) is 10.8. The van der Waals surface area contributed by atoms with Gasteiger partial charge >= 0.3 is 0 Å². The Morgan fingerprint density at radius 2 is 1.94 bits per heavy atom. The molecule has 0 bridgehead atoms. The smallest absolute Gasteiger partial charge is 0.224 e. The van der Waals surface area contributed by atoms with Gasteiger partial charge in [0.15, 0.2) is 0 Å². The summed E-state index contributed by atoms with van der Waals surface area (Å²) in [5.74, 6) is 1.10. The molecule has 4 heteroatoms. The van der Waals surface area contributed by atoms with Gasteiger partial charge in [-0.1, -0.05) is 0 Å². The molecule has 1 fully saturated rings. The predicted octanol–water partition coefficient (Wildman–Crippen LogP) is 2.12. The first kappa shape index (κ1) is 12.7. The third kappa shape index (κ3) is 3.39. The van der Waals surface area contributed by atoms with E-state index in [4.69, 9.17) is 4.74 Å². The number of hydrogen-bond acceptors (Lipinski definition) is 3. The van der Waals surface area contributed by atoms with Gasteiger partial charge in [0.25, 0.3) is 0 Å². The van der Waals surface area contributed by atoms with E-state index in [0.29, 0.717) is 13.0 Å². The average Bonchev–Trinajstić information content (AvgIpc) is 2.93. The molecule has 0 saturated carbocycles. The van der Waals surface area contributed by atoms with Crippen LogP contribution in [-0.2, 0) is 4.79 Å². The van der Waals surface area contributed by atoms with Crippen LogP contribution in [0, 0.1) is 0 Å². The fourth-order valence-corrected chi connectivity index (χ4v) is 2.15. The summed E-state index contributed by atoms with van der Waals surface area (Å²) in [5.41, 5.74) is 1.02. The molecule has 0 spiro atoms. The Morgan fingerprint density at radius 3 is 2.56 bits per heavy atom. The first-order valence-corrected chi connectivity index (χ1v) is 6.45. The van der Waals surface area contributed by atoms with Gasteiger partial charge in [-0.2, -0.15) is 0 Å². The molecular formula is C14H20N2O2. The summed E-state index contributed by atoms with van der Waals surface area (Å²) >= 11 is 0. The number of carbonyl (C=O) groups excluding carboxylic acids is 1. The lowest BCUT2D eigenvalue weighted by Crippen LogP contribution is -2.29. The number of methoxy groups -OCH3 is 1. The van der Waals surface area contributed by atoms with Crippen LogP contribution in [0.25, 0.3) is 0 Å². The molecule has 1 aromatic rings. The van der Waals surface area contributed by atoms with Gasteiger partial charge < -0.3 is 15.0 Å². The second-order valence-corrected chi connectivity index (χ2v) is 4.49. The van der Waals surface area contributed by atoms with Crippen LogP contribution in [0.5, 0.6) is 5.75 Å². The van der Waals surface area contributed by atoms with E-state index in [0.717, 1.165) is 37.4 Å². The number of nitrogens with one attached hydrogen (secondary N) is 1. The van der Waals surface area contributed by atoms with E-state index in [1.54, 1.807) is 7.11 Å². The molecule has 0 unspecified atom stereocenters. The second-order valence-electron chi connectivity index (χ2n) is 4.49. The lowest BCUT2D eigenvalue weighted by atomic mass is 10.3. The average molecular weight is 248 g/mol. The van der Waals surface area contributed by atoms with Crippen LogP contribution in [-0.4, -0.2) is 37.6 Å². The summed E-state index contributed by atoms with van der Waals surface area (Å²) in [4.78, 5) is 13.8. The van der Waals surface area contributed by atoms with E-state index in [1.165, 1.54) is 0 Å². The molecule has 0 atom stereocenters. The number of hydrogen-bond donors (Lipinski definition) is 1. The van der Waals surface area contributed by atoms with Crippen LogP contribution in [0.15, 0.2) is 24.3 Å². The van der Waals surface area contributed by atoms with E-state index in [9.17, 15) is 4.79 Å².